The molecule has 0 aliphatic heterocycles. The van der Waals surface area contributed by atoms with Gasteiger partial charge in [0, 0.05) is 12.6 Å². The number of carbonyl (C=O) groups excluding carboxylic acids is 1. The van der Waals surface area contributed by atoms with Crippen molar-refractivity contribution < 1.29 is 13.2 Å². The molecule has 0 spiro atoms. The zero-order valence-electron chi connectivity index (χ0n) is 16.3. The Kier molecular flexibility index (Phi) is 5.74. The topological polar surface area (TPSA) is 99.0 Å². The number of halogens is 1. The highest BCUT2D eigenvalue weighted by atomic mass is 35.5. The molecule has 4 rings (SSSR count). The van der Waals surface area contributed by atoms with Crippen LogP contribution in [-0.4, -0.2) is 34.5 Å². The molecule has 0 saturated carbocycles. The van der Waals surface area contributed by atoms with Gasteiger partial charge in [0.25, 0.3) is 5.56 Å². The third kappa shape index (κ3) is 4.58. The molecule has 4 aromatic rings. The van der Waals surface area contributed by atoms with Crippen LogP contribution in [-0.2, 0) is 21.1 Å². The first kappa shape index (κ1) is 21.4. The summed E-state index contributed by atoms with van der Waals surface area (Å²) in [6, 6.07) is 11.6. The Morgan fingerprint density at radius 2 is 1.94 bits per heavy atom. The average molecular weight is 474 g/mol. The van der Waals surface area contributed by atoms with Crippen LogP contribution in [0.3, 0.4) is 0 Å². The Hall–Kier alpha value is -2.88. The van der Waals surface area contributed by atoms with Crippen LogP contribution in [0.4, 0.5) is 0 Å². The Morgan fingerprint density at radius 3 is 2.61 bits per heavy atom. The van der Waals surface area contributed by atoms with E-state index in [1.54, 1.807) is 24.3 Å². The van der Waals surface area contributed by atoms with Crippen LogP contribution >= 0.6 is 22.9 Å². The molecule has 3 aromatic heterocycles. The molecule has 0 saturated heterocycles. The first-order chi connectivity index (χ1) is 14.7. The van der Waals surface area contributed by atoms with Gasteiger partial charge >= 0.3 is 0 Å². The van der Waals surface area contributed by atoms with Gasteiger partial charge in [-0.3, -0.25) is 14.2 Å². The Labute approximate surface area is 186 Å². The molecule has 0 amide bonds. The molecule has 31 heavy (non-hydrogen) atoms. The summed E-state index contributed by atoms with van der Waals surface area (Å²) in [6.45, 7) is 1.90. The number of aryl methyl sites for hydroxylation is 1. The van der Waals surface area contributed by atoms with Crippen LogP contribution in [0.15, 0.2) is 64.0 Å². The van der Waals surface area contributed by atoms with Crippen molar-refractivity contribution in [1.82, 2.24) is 14.5 Å². The fourth-order valence-electron chi connectivity index (χ4n) is 3.09. The predicted molar refractivity (Wildman–Crippen MR) is 120 cm³/mol. The zero-order valence-corrected chi connectivity index (χ0v) is 18.7. The Bertz CT molecular complexity index is 1460. The standard InChI is InChI=1S/C21H16ClN3O4S2/c1-13-2-4-17-16(8-13)21(27)25(12-24-17)19-6-3-14(10-23-19)9-15(26)11-31(28,29)20-7-5-18(22)30-20/h2-8,10,12H,9,11H2,1H3. The van der Waals surface area contributed by atoms with Gasteiger partial charge < -0.3 is 0 Å². The van der Waals surface area contributed by atoms with Crippen molar-refractivity contribution in [3.8, 4) is 5.82 Å². The van der Waals surface area contributed by atoms with E-state index in [1.165, 1.54) is 29.2 Å². The summed E-state index contributed by atoms with van der Waals surface area (Å²) in [5.74, 6) is -0.712. The maximum absolute atomic E-state index is 12.8. The minimum absolute atomic E-state index is 0.0674. The highest BCUT2D eigenvalue weighted by Crippen LogP contribution is 2.26. The van der Waals surface area contributed by atoms with Crippen molar-refractivity contribution in [3.63, 3.8) is 0 Å². The van der Waals surface area contributed by atoms with Crippen LogP contribution in [0.1, 0.15) is 11.1 Å². The zero-order chi connectivity index (χ0) is 22.2. The number of fused-ring (bicyclic) bond motifs is 1. The predicted octanol–water partition coefficient (Wildman–Crippen LogP) is 3.39. The van der Waals surface area contributed by atoms with E-state index >= 15 is 0 Å². The molecular formula is C21H16ClN3O4S2. The molecule has 158 valence electrons. The van der Waals surface area contributed by atoms with E-state index in [1.807, 2.05) is 13.0 Å². The van der Waals surface area contributed by atoms with E-state index in [2.05, 4.69) is 9.97 Å². The second kappa shape index (κ2) is 8.33. The SMILES string of the molecule is Cc1ccc2ncn(-c3ccc(CC(=O)CS(=O)(=O)c4ccc(Cl)s4)cn3)c(=O)c2c1. The van der Waals surface area contributed by atoms with Crippen molar-refractivity contribution in [2.24, 2.45) is 0 Å². The van der Waals surface area contributed by atoms with Gasteiger partial charge in [0.15, 0.2) is 15.6 Å². The van der Waals surface area contributed by atoms with E-state index < -0.39 is 21.4 Å². The average Bonchev–Trinajstić information content (AvgIpc) is 3.16. The molecule has 0 aliphatic carbocycles. The molecule has 0 N–H and O–H groups in total. The van der Waals surface area contributed by atoms with Gasteiger partial charge in [-0.25, -0.2) is 18.4 Å². The maximum atomic E-state index is 12.8. The molecule has 10 heteroatoms. The highest BCUT2D eigenvalue weighted by Gasteiger charge is 2.21. The first-order valence-corrected chi connectivity index (χ1v) is 12.0. The fourth-order valence-corrected chi connectivity index (χ4v) is 5.90. The lowest BCUT2D eigenvalue weighted by atomic mass is 10.1. The maximum Gasteiger partial charge on any atom is 0.266 e. The van der Waals surface area contributed by atoms with Crippen LogP contribution in [0, 0.1) is 6.92 Å². The number of aromatic nitrogens is 3. The fraction of sp³-hybridized carbons (Fsp3) is 0.143. The lowest BCUT2D eigenvalue weighted by Crippen LogP contribution is -2.20. The van der Waals surface area contributed by atoms with E-state index in [0.29, 0.717) is 26.6 Å². The highest BCUT2D eigenvalue weighted by molar-refractivity contribution is 7.94. The molecular weight excluding hydrogens is 458 g/mol. The van der Waals surface area contributed by atoms with Crippen LogP contribution < -0.4 is 5.56 Å². The summed E-state index contributed by atoms with van der Waals surface area (Å²) in [4.78, 5) is 33.6. The lowest BCUT2D eigenvalue weighted by molar-refractivity contribution is -0.116. The summed E-state index contributed by atoms with van der Waals surface area (Å²) in [7, 11) is -3.73. The van der Waals surface area contributed by atoms with Gasteiger partial charge in [0.1, 0.15) is 22.1 Å². The van der Waals surface area contributed by atoms with Gasteiger partial charge in [-0.1, -0.05) is 29.3 Å². The number of carbonyl (C=O) groups is 1. The van der Waals surface area contributed by atoms with Gasteiger partial charge in [0.2, 0.25) is 0 Å². The van der Waals surface area contributed by atoms with Gasteiger partial charge in [-0.15, -0.1) is 11.3 Å². The number of rotatable bonds is 6. The summed E-state index contributed by atoms with van der Waals surface area (Å²) >= 11 is 6.70. The minimum Gasteiger partial charge on any atom is -0.298 e. The van der Waals surface area contributed by atoms with Gasteiger partial charge in [-0.2, -0.15) is 0 Å². The van der Waals surface area contributed by atoms with E-state index in [-0.39, 0.29) is 16.2 Å². The summed E-state index contributed by atoms with van der Waals surface area (Å²) in [5, 5.41) is 0.488. The molecule has 0 atom stereocenters. The minimum atomic E-state index is -3.73. The van der Waals surface area contributed by atoms with Crippen LogP contribution in [0.2, 0.25) is 4.34 Å². The molecule has 0 aliphatic rings. The Balaban J connectivity index is 1.52. The van der Waals surface area contributed by atoms with E-state index in [4.69, 9.17) is 11.6 Å². The molecule has 0 fully saturated rings. The summed E-state index contributed by atoms with van der Waals surface area (Å²) < 4.78 is 26.4. The molecule has 0 bridgehead atoms. The van der Waals surface area contributed by atoms with Crippen LogP contribution in [0.5, 0.6) is 0 Å². The number of thiophene rings is 1. The number of nitrogens with zero attached hydrogens (tertiary/aromatic N) is 3. The van der Waals surface area contributed by atoms with Gasteiger partial charge in [-0.05, 0) is 42.8 Å². The quantitative estimate of drug-likeness (QED) is 0.425. The molecule has 3 heterocycles. The third-order valence-corrected chi connectivity index (χ3v) is 8.07. The number of sulfone groups is 1. The van der Waals surface area contributed by atoms with Crippen LogP contribution in [0.25, 0.3) is 16.7 Å². The summed E-state index contributed by atoms with van der Waals surface area (Å²) in [5.41, 5.74) is 1.85. The number of Topliss-reactive ketones (excluding diaryl/α,β-unsaturated/α-hetero) is 1. The first-order valence-electron chi connectivity index (χ1n) is 9.16. The third-order valence-electron chi connectivity index (χ3n) is 4.58. The molecule has 0 radical (unpaired) electrons. The number of ketones is 1. The normalized spacial score (nSPS) is 11.7. The molecule has 7 nitrogen and oxygen atoms in total. The second-order valence-corrected chi connectivity index (χ2v) is 10.9. The number of hydrogen-bond acceptors (Lipinski definition) is 7. The number of benzene rings is 1. The van der Waals surface area contributed by atoms with Crippen molar-refractivity contribution >= 4 is 49.5 Å². The molecule has 0 unspecified atom stereocenters. The largest absolute Gasteiger partial charge is 0.298 e. The van der Waals surface area contributed by atoms with Crippen molar-refractivity contribution in [2.75, 3.05) is 5.75 Å². The Morgan fingerprint density at radius 1 is 1.13 bits per heavy atom. The number of hydrogen-bond donors (Lipinski definition) is 0. The van der Waals surface area contributed by atoms with E-state index in [9.17, 15) is 18.0 Å². The monoisotopic (exact) mass is 473 g/mol. The number of pyridine rings is 1. The van der Waals surface area contributed by atoms with E-state index in [0.717, 1.165) is 16.9 Å². The molecule has 1 aromatic carbocycles. The summed E-state index contributed by atoms with van der Waals surface area (Å²) in [6.07, 6.45) is 2.77. The van der Waals surface area contributed by atoms with Crippen molar-refractivity contribution in [2.45, 2.75) is 17.6 Å². The van der Waals surface area contributed by atoms with Crippen molar-refractivity contribution in [1.29, 1.82) is 0 Å². The lowest BCUT2D eigenvalue weighted by Gasteiger charge is -2.07. The smallest absolute Gasteiger partial charge is 0.266 e. The van der Waals surface area contributed by atoms with Crippen molar-refractivity contribution in [3.05, 3.63) is 80.8 Å². The van der Waals surface area contributed by atoms with Gasteiger partial charge in [0.05, 0.1) is 15.2 Å². The second-order valence-electron chi connectivity index (χ2n) is 7.00.